The summed E-state index contributed by atoms with van der Waals surface area (Å²) in [5.41, 5.74) is 10.2. The Morgan fingerprint density at radius 3 is 2.76 bits per heavy atom. The van der Waals surface area contributed by atoms with Gasteiger partial charge in [-0.1, -0.05) is 11.6 Å². The van der Waals surface area contributed by atoms with Gasteiger partial charge >= 0.3 is 0 Å². The van der Waals surface area contributed by atoms with Crippen LogP contribution >= 0.6 is 27.5 Å². The number of carbonyl (C=O) groups excluding carboxylic acids is 1. The smallest absolute Gasteiger partial charge is 0.224 e. The third kappa shape index (κ3) is 2.99. The lowest BCUT2D eigenvalue weighted by Gasteiger charge is -2.20. The van der Waals surface area contributed by atoms with Crippen molar-refractivity contribution in [3.05, 3.63) is 45.4 Å². The van der Waals surface area contributed by atoms with E-state index in [-0.39, 0.29) is 5.91 Å². The molecule has 0 atom stereocenters. The van der Waals surface area contributed by atoms with Crippen LogP contribution in [0.1, 0.15) is 12.0 Å². The summed E-state index contributed by atoms with van der Waals surface area (Å²) in [5.74, 6) is 0.0332. The van der Waals surface area contributed by atoms with E-state index in [0.29, 0.717) is 17.1 Å². The minimum absolute atomic E-state index is 0.0332. The van der Waals surface area contributed by atoms with Crippen molar-refractivity contribution in [3.8, 4) is 0 Å². The maximum Gasteiger partial charge on any atom is 0.224 e. The molecule has 2 aromatic rings. The molecule has 0 aliphatic carbocycles. The van der Waals surface area contributed by atoms with E-state index in [2.05, 4.69) is 26.6 Å². The SMILES string of the molecule is Nc1cc2c(cc1Nc1ccc(Cl)cc1Br)NC(=O)CC2. The fourth-order valence-corrected chi connectivity index (χ4v) is 3.07. The summed E-state index contributed by atoms with van der Waals surface area (Å²) >= 11 is 9.39. The number of nitrogens with one attached hydrogen (secondary N) is 2. The molecule has 1 heterocycles. The summed E-state index contributed by atoms with van der Waals surface area (Å²) in [6, 6.07) is 9.23. The highest BCUT2D eigenvalue weighted by molar-refractivity contribution is 9.10. The molecule has 6 heteroatoms. The van der Waals surface area contributed by atoms with Gasteiger partial charge < -0.3 is 16.4 Å². The first kappa shape index (κ1) is 14.2. The zero-order chi connectivity index (χ0) is 15.0. The van der Waals surface area contributed by atoms with Gasteiger partial charge in [-0.2, -0.15) is 0 Å². The van der Waals surface area contributed by atoms with Crippen molar-refractivity contribution in [1.82, 2.24) is 0 Å². The van der Waals surface area contributed by atoms with E-state index in [4.69, 9.17) is 17.3 Å². The lowest BCUT2D eigenvalue weighted by Crippen LogP contribution is -2.19. The molecule has 108 valence electrons. The van der Waals surface area contributed by atoms with E-state index in [1.807, 2.05) is 18.2 Å². The Labute approximate surface area is 135 Å². The van der Waals surface area contributed by atoms with Crippen LogP contribution < -0.4 is 16.4 Å². The highest BCUT2D eigenvalue weighted by atomic mass is 79.9. The van der Waals surface area contributed by atoms with E-state index in [1.165, 1.54) is 0 Å². The van der Waals surface area contributed by atoms with Crippen LogP contribution in [0, 0.1) is 0 Å². The second kappa shape index (κ2) is 5.58. The van der Waals surface area contributed by atoms with Crippen LogP contribution in [0.15, 0.2) is 34.8 Å². The zero-order valence-electron chi connectivity index (χ0n) is 11.0. The number of nitrogen functional groups attached to an aromatic ring is 1. The van der Waals surface area contributed by atoms with Gasteiger partial charge in [0.05, 0.1) is 17.1 Å². The monoisotopic (exact) mass is 365 g/mol. The molecular weight excluding hydrogens is 354 g/mol. The number of halogens is 2. The Morgan fingerprint density at radius 1 is 1.19 bits per heavy atom. The highest BCUT2D eigenvalue weighted by Crippen LogP contribution is 2.35. The first-order chi connectivity index (χ1) is 10.0. The average Bonchev–Trinajstić information content (AvgIpc) is 2.43. The number of benzene rings is 2. The van der Waals surface area contributed by atoms with Crippen molar-refractivity contribution in [1.29, 1.82) is 0 Å². The fourth-order valence-electron chi connectivity index (χ4n) is 2.29. The quantitative estimate of drug-likeness (QED) is 0.694. The molecule has 0 unspecified atom stereocenters. The summed E-state index contributed by atoms with van der Waals surface area (Å²) in [7, 11) is 0. The van der Waals surface area contributed by atoms with Gasteiger partial charge in [0, 0.05) is 21.6 Å². The van der Waals surface area contributed by atoms with Gasteiger partial charge in [0.15, 0.2) is 0 Å². The maximum absolute atomic E-state index is 11.5. The van der Waals surface area contributed by atoms with Crippen LogP contribution in [0.3, 0.4) is 0 Å². The number of rotatable bonds is 2. The molecule has 4 nitrogen and oxygen atoms in total. The third-order valence-corrected chi connectivity index (χ3v) is 4.26. The molecule has 0 bridgehead atoms. The third-order valence-electron chi connectivity index (χ3n) is 3.37. The molecule has 0 saturated heterocycles. The van der Waals surface area contributed by atoms with Crippen LogP contribution in [0.25, 0.3) is 0 Å². The first-order valence-corrected chi connectivity index (χ1v) is 7.64. The molecular formula is C15H13BrClN3O. The van der Waals surface area contributed by atoms with E-state index < -0.39 is 0 Å². The minimum Gasteiger partial charge on any atom is -0.397 e. The van der Waals surface area contributed by atoms with Gasteiger partial charge in [-0.15, -0.1) is 0 Å². The summed E-state index contributed by atoms with van der Waals surface area (Å²) in [5, 5.41) is 6.77. The average molecular weight is 367 g/mol. The topological polar surface area (TPSA) is 67.2 Å². The van der Waals surface area contributed by atoms with Crippen molar-refractivity contribution < 1.29 is 4.79 Å². The van der Waals surface area contributed by atoms with Crippen LogP contribution in [-0.4, -0.2) is 5.91 Å². The van der Waals surface area contributed by atoms with E-state index in [1.54, 1.807) is 12.1 Å². The summed E-state index contributed by atoms with van der Waals surface area (Å²) < 4.78 is 0.844. The highest BCUT2D eigenvalue weighted by Gasteiger charge is 2.17. The standard InChI is InChI=1S/C15H13BrClN3O/c16-10-6-9(17)2-3-12(10)19-14-7-13-8(5-11(14)18)1-4-15(21)20-13/h2-3,5-7,19H,1,4,18H2,(H,20,21). The number of hydrogen-bond donors (Lipinski definition) is 3. The van der Waals surface area contributed by atoms with Crippen molar-refractivity contribution in [2.75, 3.05) is 16.4 Å². The van der Waals surface area contributed by atoms with E-state index >= 15 is 0 Å². The molecule has 0 spiro atoms. The van der Waals surface area contributed by atoms with Gasteiger partial charge in [0.1, 0.15) is 0 Å². The molecule has 3 rings (SSSR count). The number of hydrogen-bond acceptors (Lipinski definition) is 3. The molecule has 0 radical (unpaired) electrons. The second-order valence-corrected chi connectivity index (χ2v) is 6.18. The Kier molecular flexibility index (Phi) is 3.78. The summed E-state index contributed by atoms with van der Waals surface area (Å²) in [6.07, 6.45) is 1.22. The Hall–Kier alpha value is -1.72. The lowest BCUT2D eigenvalue weighted by atomic mass is 10.0. The maximum atomic E-state index is 11.5. The second-order valence-electron chi connectivity index (χ2n) is 4.89. The molecule has 4 N–H and O–H groups in total. The summed E-state index contributed by atoms with van der Waals surface area (Å²) in [4.78, 5) is 11.5. The van der Waals surface area contributed by atoms with Crippen LogP contribution in [-0.2, 0) is 11.2 Å². The van der Waals surface area contributed by atoms with Gasteiger partial charge in [-0.25, -0.2) is 0 Å². The molecule has 2 aromatic carbocycles. The number of aryl methyl sites for hydroxylation is 1. The fraction of sp³-hybridized carbons (Fsp3) is 0.133. The van der Waals surface area contributed by atoms with Crippen molar-refractivity contribution in [2.24, 2.45) is 0 Å². The number of nitrogens with two attached hydrogens (primary N) is 1. The van der Waals surface area contributed by atoms with Crippen LogP contribution in [0.2, 0.25) is 5.02 Å². The van der Waals surface area contributed by atoms with Crippen molar-refractivity contribution >= 4 is 56.2 Å². The normalized spacial score (nSPS) is 13.5. The largest absolute Gasteiger partial charge is 0.397 e. The molecule has 0 aromatic heterocycles. The van der Waals surface area contributed by atoms with E-state index in [9.17, 15) is 4.79 Å². The molecule has 0 saturated carbocycles. The predicted octanol–water partition coefficient (Wildman–Crippen LogP) is 4.31. The Morgan fingerprint density at radius 2 is 2.00 bits per heavy atom. The molecule has 1 aliphatic rings. The molecule has 1 amide bonds. The zero-order valence-corrected chi connectivity index (χ0v) is 13.4. The van der Waals surface area contributed by atoms with Gasteiger partial charge in [-0.3, -0.25) is 4.79 Å². The van der Waals surface area contributed by atoms with Gasteiger partial charge in [0.2, 0.25) is 5.91 Å². The first-order valence-electron chi connectivity index (χ1n) is 6.47. The molecule has 0 fully saturated rings. The predicted molar refractivity (Wildman–Crippen MR) is 90.2 cm³/mol. The van der Waals surface area contributed by atoms with Crippen molar-refractivity contribution in [3.63, 3.8) is 0 Å². The number of carbonyl (C=O) groups is 1. The summed E-state index contributed by atoms with van der Waals surface area (Å²) in [6.45, 7) is 0. The van der Waals surface area contributed by atoms with E-state index in [0.717, 1.165) is 33.5 Å². The number of anilines is 4. The van der Waals surface area contributed by atoms with Gasteiger partial charge in [-0.05, 0) is 58.2 Å². The Bertz CT molecular complexity index is 733. The number of fused-ring (bicyclic) bond motifs is 1. The van der Waals surface area contributed by atoms with Crippen molar-refractivity contribution in [2.45, 2.75) is 12.8 Å². The Balaban J connectivity index is 1.95. The van der Waals surface area contributed by atoms with Gasteiger partial charge in [0.25, 0.3) is 0 Å². The lowest BCUT2D eigenvalue weighted by molar-refractivity contribution is -0.116. The van der Waals surface area contributed by atoms with Crippen LogP contribution in [0.4, 0.5) is 22.7 Å². The number of amides is 1. The molecule has 21 heavy (non-hydrogen) atoms. The minimum atomic E-state index is 0.0332. The van der Waals surface area contributed by atoms with Crippen LogP contribution in [0.5, 0.6) is 0 Å². The molecule has 1 aliphatic heterocycles.